The second-order valence-electron chi connectivity index (χ2n) is 7.38. The fourth-order valence-electron chi connectivity index (χ4n) is 4.09. The number of fused-ring (bicyclic) bond motifs is 2. The van der Waals surface area contributed by atoms with E-state index < -0.39 is 0 Å². The van der Waals surface area contributed by atoms with Gasteiger partial charge in [-0.1, -0.05) is 6.42 Å². The van der Waals surface area contributed by atoms with E-state index in [1.54, 1.807) is 19.2 Å². The number of aromatic amines is 1. The molecule has 9 nitrogen and oxygen atoms in total. The SMILES string of the molecule is COc1cc(Nc2cc(CO)[nH]n2)nc(N(C)C2C[C@H]3CCC[C@@H](C2)N3)n1.Cl. The van der Waals surface area contributed by atoms with Gasteiger partial charge in [-0.3, -0.25) is 5.10 Å². The number of ether oxygens (including phenoxy) is 1. The summed E-state index contributed by atoms with van der Waals surface area (Å²) in [6, 6.07) is 5.07. The second-order valence-corrected chi connectivity index (χ2v) is 7.38. The summed E-state index contributed by atoms with van der Waals surface area (Å²) in [6.07, 6.45) is 6.03. The highest BCUT2D eigenvalue weighted by Crippen LogP contribution is 2.30. The normalized spacial score (nSPS) is 23.6. The Bertz CT molecular complexity index is 775. The molecule has 2 fully saturated rings. The number of rotatable bonds is 6. The van der Waals surface area contributed by atoms with Crippen LogP contribution in [-0.4, -0.2) is 57.6 Å². The highest BCUT2D eigenvalue weighted by molar-refractivity contribution is 5.85. The van der Waals surface area contributed by atoms with Crippen molar-refractivity contribution in [1.29, 1.82) is 0 Å². The summed E-state index contributed by atoms with van der Waals surface area (Å²) in [4.78, 5) is 11.4. The molecule has 28 heavy (non-hydrogen) atoms. The Labute approximate surface area is 170 Å². The monoisotopic (exact) mass is 409 g/mol. The molecule has 154 valence electrons. The summed E-state index contributed by atoms with van der Waals surface area (Å²) in [5, 5.41) is 22.9. The number of H-pyrrole nitrogens is 1. The van der Waals surface area contributed by atoms with Gasteiger partial charge in [0, 0.05) is 37.3 Å². The quantitative estimate of drug-likeness (QED) is 0.573. The Kier molecular flexibility index (Phi) is 6.58. The van der Waals surface area contributed by atoms with Crippen molar-refractivity contribution in [3.63, 3.8) is 0 Å². The molecule has 0 saturated carbocycles. The number of aliphatic hydroxyl groups is 1. The predicted octanol–water partition coefficient (Wildman–Crippen LogP) is 1.98. The highest BCUT2D eigenvalue weighted by Gasteiger charge is 2.34. The molecule has 0 radical (unpaired) electrons. The summed E-state index contributed by atoms with van der Waals surface area (Å²) < 4.78 is 5.37. The van der Waals surface area contributed by atoms with E-state index >= 15 is 0 Å². The Morgan fingerprint density at radius 1 is 1.21 bits per heavy atom. The molecule has 1 unspecified atom stereocenters. The minimum atomic E-state index is -0.0895. The molecule has 4 heterocycles. The lowest BCUT2D eigenvalue weighted by atomic mass is 9.83. The zero-order valence-corrected chi connectivity index (χ0v) is 17.0. The van der Waals surface area contributed by atoms with E-state index in [4.69, 9.17) is 4.74 Å². The van der Waals surface area contributed by atoms with Gasteiger partial charge in [-0.2, -0.15) is 15.1 Å². The average Bonchev–Trinajstić information content (AvgIpc) is 3.14. The fourth-order valence-corrected chi connectivity index (χ4v) is 4.09. The van der Waals surface area contributed by atoms with Crippen LogP contribution >= 0.6 is 12.4 Å². The number of aliphatic hydroxyl groups excluding tert-OH is 1. The molecular weight excluding hydrogens is 382 g/mol. The van der Waals surface area contributed by atoms with Crippen molar-refractivity contribution in [3.8, 4) is 5.88 Å². The number of aromatic nitrogens is 4. The lowest BCUT2D eigenvalue weighted by molar-refractivity contribution is 0.218. The number of piperidine rings is 2. The van der Waals surface area contributed by atoms with E-state index in [-0.39, 0.29) is 19.0 Å². The van der Waals surface area contributed by atoms with Crippen LogP contribution in [0.3, 0.4) is 0 Å². The minimum Gasteiger partial charge on any atom is -0.481 e. The van der Waals surface area contributed by atoms with Gasteiger partial charge < -0.3 is 25.4 Å². The molecule has 3 atom stereocenters. The van der Waals surface area contributed by atoms with E-state index in [0.717, 1.165) is 12.8 Å². The number of hydrogen-bond acceptors (Lipinski definition) is 8. The fraction of sp³-hybridized carbons (Fsp3) is 0.611. The van der Waals surface area contributed by atoms with Crippen LogP contribution in [0.1, 0.15) is 37.8 Å². The first-order chi connectivity index (χ1) is 13.1. The van der Waals surface area contributed by atoms with Crippen LogP contribution in [0.25, 0.3) is 0 Å². The molecule has 2 aliphatic rings. The minimum absolute atomic E-state index is 0. The molecular formula is C18H28ClN7O2. The number of methoxy groups -OCH3 is 1. The third kappa shape index (κ3) is 4.48. The first kappa shape index (κ1) is 20.6. The summed E-state index contributed by atoms with van der Waals surface area (Å²) >= 11 is 0. The van der Waals surface area contributed by atoms with E-state index in [1.165, 1.54) is 19.3 Å². The van der Waals surface area contributed by atoms with E-state index in [0.29, 0.717) is 47.3 Å². The van der Waals surface area contributed by atoms with Crippen LogP contribution in [0.4, 0.5) is 17.6 Å². The first-order valence-electron chi connectivity index (χ1n) is 9.48. The molecule has 2 aromatic heterocycles. The van der Waals surface area contributed by atoms with Crippen molar-refractivity contribution in [2.24, 2.45) is 0 Å². The van der Waals surface area contributed by atoms with Crippen LogP contribution in [0.5, 0.6) is 5.88 Å². The van der Waals surface area contributed by atoms with E-state index in [2.05, 4.69) is 42.7 Å². The van der Waals surface area contributed by atoms with Gasteiger partial charge in [0.15, 0.2) is 5.82 Å². The molecule has 10 heteroatoms. The maximum absolute atomic E-state index is 9.17. The first-order valence-corrected chi connectivity index (χ1v) is 9.48. The predicted molar refractivity (Wildman–Crippen MR) is 110 cm³/mol. The van der Waals surface area contributed by atoms with Crippen LogP contribution in [0.2, 0.25) is 0 Å². The van der Waals surface area contributed by atoms with Gasteiger partial charge in [-0.25, -0.2) is 0 Å². The van der Waals surface area contributed by atoms with Gasteiger partial charge in [0.05, 0.1) is 19.4 Å². The van der Waals surface area contributed by atoms with Gasteiger partial charge in [0.1, 0.15) is 5.82 Å². The second kappa shape index (κ2) is 8.93. The molecule has 2 aromatic rings. The van der Waals surface area contributed by atoms with E-state index in [9.17, 15) is 5.11 Å². The molecule has 0 spiro atoms. The molecule has 4 rings (SSSR count). The van der Waals surface area contributed by atoms with E-state index in [1.807, 2.05) is 0 Å². The average molecular weight is 410 g/mol. The number of anilines is 3. The summed E-state index contributed by atoms with van der Waals surface area (Å²) in [5.41, 5.74) is 0.636. The van der Waals surface area contributed by atoms with Crippen LogP contribution < -0.4 is 20.3 Å². The van der Waals surface area contributed by atoms with Gasteiger partial charge in [0.2, 0.25) is 11.8 Å². The number of hydrogen-bond donors (Lipinski definition) is 4. The number of nitrogens with zero attached hydrogens (tertiary/aromatic N) is 4. The van der Waals surface area contributed by atoms with Crippen LogP contribution in [-0.2, 0) is 6.61 Å². The standard InChI is InChI=1S/C18H27N7O2.ClH/c1-25(14-6-11-4-3-5-12(7-14)19-11)18-21-15(9-17(22-18)27-2)20-16-8-13(10-26)23-24-16;/h8-9,11-12,14,19,26H,3-7,10H2,1-2H3,(H2,20,21,22,23,24);1H/t11-,12+,14?;. The summed E-state index contributed by atoms with van der Waals surface area (Å²) in [5.74, 6) is 2.33. The van der Waals surface area contributed by atoms with Crippen molar-refractivity contribution in [2.75, 3.05) is 24.4 Å². The maximum Gasteiger partial charge on any atom is 0.230 e. The number of halogens is 1. The molecule has 2 aliphatic heterocycles. The van der Waals surface area contributed by atoms with Crippen LogP contribution in [0.15, 0.2) is 12.1 Å². The zero-order chi connectivity index (χ0) is 18.8. The maximum atomic E-state index is 9.17. The Morgan fingerprint density at radius 3 is 2.61 bits per heavy atom. The Morgan fingerprint density at radius 2 is 1.96 bits per heavy atom. The third-order valence-corrected chi connectivity index (χ3v) is 5.51. The van der Waals surface area contributed by atoms with Crippen molar-refractivity contribution >= 4 is 30.0 Å². The van der Waals surface area contributed by atoms with Crippen molar-refractivity contribution in [3.05, 3.63) is 17.8 Å². The smallest absolute Gasteiger partial charge is 0.230 e. The van der Waals surface area contributed by atoms with Crippen molar-refractivity contribution in [1.82, 2.24) is 25.5 Å². The summed E-state index contributed by atoms with van der Waals surface area (Å²) in [7, 11) is 3.66. The third-order valence-electron chi connectivity index (χ3n) is 5.51. The van der Waals surface area contributed by atoms with Gasteiger partial charge in [0.25, 0.3) is 0 Å². The number of nitrogens with one attached hydrogen (secondary N) is 3. The Balaban J connectivity index is 0.00000225. The zero-order valence-electron chi connectivity index (χ0n) is 16.2. The summed E-state index contributed by atoms with van der Waals surface area (Å²) in [6.45, 7) is -0.0895. The lowest BCUT2D eigenvalue weighted by Crippen LogP contribution is -2.54. The van der Waals surface area contributed by atoms with Gasteiger partial charge >= 0.3 is 0 Å². The van der Waals surface area contributed by atoms with Crippen molar-refractivity contribution < 1.29 is 9.84 Å². The largest absolute Gasteiger partial charge is 0.481 e. The molecule has 4 N–H and O–H groups in total. The molecule has 0 amide bonds. The van der Waals surface area contributed by atoms with Gasteiger partial charge in [-0.15, -0.1) is 12.4 Å². The lowest BCUT2D eigenvalue weighted by Gasteiger charge is -2.43. The molecule has 0 aromatic carbocycles. The van der Waals surface area contributed by atoms with Crippen molar-refractivity contribution in [2.45, 2.75) is 56.8 Å². The molecule has 2 saturated heterocycles. The topological polar surface area (TPSA) is 111 Å². The van der Waals surface area contributed by atoms with Gasteiger partial charge in [-0.05, 0) is 25.7 Å². The molecule has 2 bridgehead atoms. The highest BCUT2D eigenvalue weighted by atomic mass is 35.5. The molecule has 0 aliphatic carbocycles. The Hall–Kier alpha value is -2.10. The van der Waals surface area contributed by atoms with Crippen LogP contribution in [0, 0.1) is 0 Å².